The molecule has 0 saturated heterocycles. The molecule has 1 aromatic carbocycles. The number of benzene rings is 1. The van der Waals surface area contributed by atoms with Crippen LogP contribution in [0.2, 0.25) is 5.15 Å². The zero-order chi connectivity index (χ0) is 12.7. The molecule has 90 valence electrons. The van der Waals surface area contributed by atoms with Gasteiger partial charge >= 0.3 is 0 Å². The van der Waals surface area contributed by atoms with E-state index in [2.05, 4.69) is 27.9 Å². The SMILES string of the molecule is Cc1cc(C)c2c(Cl)nc(-c3cncs3)nc2c1. The highest BCUT2D eigenvalue weighted by Crippen LogP contribution is 2.29. The Morgan fingerprint density at radius 3 is 2.72 bits per heavy atom. The van der Waals surface area contributed by atoms with Crippen LogP contribution in [-0.4, -0.2) is 15.0 Å². The second-order valence-corrected chi connectivity index (χ2v) is 5.42. The van der Waals surface area contributed by atoms with E-state index in [-0.39, 0.29) is 0 Å². The first-order valence-electron chi connectivity index (χ1n) is 5.48. The van der Waals surface area contributed by atoms with Crippen LogP contribution in [0.25, 0.3) is 21.6 Å². The Labute approximate surface area is 114 Å². The summed E-state index contributed by atoms with van der Waals surface area (Å²) < 4.78 is 0. The van der Waals surface area contributed by atoms with E-state index in [1.54, 1.807) is 11.7 Å². The van der Waals surface area contributed by atoms with Crippen molar-refractivity contribution in [2.45, 2.75) is 13.8 Å². The summed E-state index contributed by atoms with van der Waals surface area (Å²) in [5.41, 5.74) is 4.92. The molecule has 0 radical (unpaired) electrons. The molecule has 0 amide bonds. The Hall–Kier alpha value is -1.52. The summed E-state index contributed by atoms with van der Waals surface area (Å²) in [5, 5.41) is 1.43. The summed E-state index contributed by atoms with van der Waals surface area (Å²) in [6.45, 7) is 4.08. The first-order chi connectivity index (χ1) is 8.65. The fourth-order valence-electron chi connectivity index (χ4n) is 2.03. The normalized spacial score (nSPS) is 11.1. The number of aryl methyl sites for hydroxylation is 2. The highest BCUT2D eigenvalue weighted by Gasteiger charge is 2.11. The molecule has 0 unspecified atom stereocenters. The smallest absolute Gasteiger partial charge is 0.173 e. The van der Waals surface area contributed by atoms with E-state index in [1.165, 1.54) is 16.9 Å². The van der Waals surface area contributed by atoms with Crippen molar-refractivity contribution in [3.63, 3.8) is 0 Å². The zero-order valence-corrected chi connectivity index (χ0v) is 11.5. The van der Waals surface area contributed by atoms with Crippen LogP contribution in [0.15, 0.2) is 23.8 Å². The van der Waals surface area contributed by atoms with E-state index in [0.29, 0.717) is 11.0 Å². The lowest BCUT2D eigenvalue weighted by Gasteiger charge is -2.06. The lowest BCUT2D eigenvalue weighted by molar-refractivity contribution is 1.22. The molecule has 3 rings (SSSR count). The summed E-state index contributed by atoms with van der Waals surface area (Å²) >= 11 is 7.78. The van der Waals surface area contributed by atoms with Gasteiger partial charge in [0.05, 0.1) is 15.9 Å². The lowest BCUT2D eigenvalue weighted by atomic mass is 10.1. The van der Waals surface area contributed by atoms with E-state index in [0.717, 1.165) is 21.3 Å². The third kappa shape index (κ3) is 1.87. The molecule has 0 saturated carbocycles. The Bertz CT molecular complexity index is 723. The lowest BCUT2D eigenvalue weighted by Crippen LogP contribution is -1.93. The van der Waals surface area contributed by atoms with Gasteiger partial charge in [-0.25, -0.2) is 9.97 Å². The Morgan fingerprint density at radius 2 is 2.00 bits per heavy atom. The molecule has 18 heavy (non-hydrogen) atoms. The van der Waals surface area contributed by atoms with Crippen molar-refractivity contribution in [2.24, 2.45) is 0 Å². The van der Waals surface area contributed by atoms with Crippen LogP contribution in [0.1, 0.15) is 11.1 Å². The van der Waals surface area contributed by atoms with Gasteiger partial charge in [0.2, 0.25) is 0 Å². The first-order valence-corrected chi connectivity index (χ1v) is 6.74. The molecule has 0 atom stereocenters. The average Bonchev–Trinajstić information content (AvgIpc) is 2.80. The summed E-state index contributed by atoms with van der Waals surface area (Å²) in [4.78, 5) is 13.9. The van der Waals surface area contributed by atoms with Crippen molar-refractivity contribution in [1.29, 1.82) is 0 Å². The van der Waals surface area contributed by atoms with E-state index >= 15 is 0 Å². The minimum atomic E-state index is 0.501. The number of hydrogen-bond donors (Lipinski definition) is 0. The quantitative estimate of drug-likeness (QED) is 0.630. The predicted octanol–water partition coefficient (Wildman–Crippen LogP) is 4.02. The molecular weight excluding hydrogens is 266 g/mol. The maximum Gasteiger partial charge on any atom is 0.173 e. The van der Waals surface area contributed by atoms with Crippen LogP contribution >= 0.6 is 22.9 Å². The third-order valence-corrected chi connectivity index (χ3v) is 3.79. The molecular formula is C13H10ClN3S. The van der Waals surface area contributed by atoms with Gasteiger partial charge in [0.25, 0.3) is 0 Å². The van der Waals surface area contributed by atoms with Crippen molar-refractivity contribution >= 4 is 33.8 Å². The molecule has 0 bridgehead atoms. The molecule has 0 spiro atoms. The van der Waals surface area contributed by atoms with Crippen LogP contribution in [0.5, 0.6) is 0 Å². The van der Waals surface area contributed by atoms with Crippen molar-refractivity contribution in [2.75, 3.05) is 0 Å². The second kappa shape index (κ2) is 4.30. The number of nitrogens with zero attached hydrogens (tertiary/aromatic N) is 3. The van der Waals surface area contributed by atoms with Crippen LogP contribution in [0, 0.1) is 13.8 Å². The molecule has 2 heterocycles. The third-order valence-electron chi connectivity index (χ3n) is 2.75. The highest BCUT2D eigenvalue weighted by atomic mass is 35.5. The average molecular weight is 276 g/mol. The molecule has 3 aromatic rings. The Morgan fingerprint density at radius 1 is 1.17 bits per heavy atom. The van der Waals surface area contributed by atoms with Crippen LogP contribution < -0.4 is 0 Å². The zero-order valence-electron chi connectivity index (χ0n) is 9.94. The Kier molecular flexibility index (Phi) is 2.76. The van der Waals surface area contributed by atoms with Gasteiger partial charge in [0.1, 0.15) is 5.15 Å². The van der Waals surface area contributed by atoms with Crippen LogP contribution in [-0.2, 0) is 0 Å². The van der Waals surface area contributed by atoms with Gasteiger partial charge in [-0.15, -0.1) is 11.3 Å². The van der Waals surface area contributed by atoms with Gasteiger partial charge in [-0.1, -0.05) is 17.7 Å². The largest absolute Gasteiger partial charge is 0.252 e. The van der Waals surface area contributed by atoms with Gasteiger partial charge in [-0.3, -0.25) is 4.98 Å². The maximum absolute atomic E-state index is 6.27. The summed E-state index contributed by atoms with van der Waals surface area (Å²) in [7, 11) is 0. The molecule has 3 nitrogen and oxygen atoms in total. The van der Waals surface area contributed by atoms with E-state index in [9.17, 15) is 0 Å². The van der Waals surface area contributed by atoms with Gasteiger partial charge in [-0.05, 0) is 31.0 Å². The number of aromatic nitrogens is 3. The standard InChI is InChI=1S/C13H10ClN3S/c1-7-3-8(2)11-9(4-7)16-13(17-12(11)14)10-5-15-6-18-10/h3-6H,1-2H3. The van der Waals surface area contributed by atoms with E-state index in [1.807, 2.05) is 13.0 Å². The number of hydrogen-bond acceptors (Lipinski definition) is 4. The van der Waals surface area contributed by atoms with Gasteiger partial charge in [-0.2, -0.15) is 0 Å². The molecule has 2 aromatic heterocycles. The molecule has 0 aliphatic heterocycles. The van der Waals surface area contributed by atoms with E-state index in [4.69, 9.17) is 11.6 Å². The van der Waals surface area contributed by atoms with Crippen LogP contribution in [0.4, 0.5) is 0 Å². The summed E-state index contributed by atoms with van der Waals surface area (Å²) in [6.07, 6.45) is 1.75. The summed E-state index contributed by atoms with van der Waals surface area (Å²) in [5.74, 6) is 0.639. The Balaban J connectivity index is 2.34. The predicted molar refractivity (Wildman–Crippen MR) is 75.1 cm³/mol. The van der Waals surface area contributed by atoms with E-state index < -0.39 is 0 Å². The number of rotatable bonds is 1. The van der Waals surface area contributed by atoms with Gasteiger partial charge in [0, 0.05) is 11.6 Å². The molecule has 0 N–H and O–H groups in total. The van der Waals surface area contributed by atoms with Crippen molar-refractivity contribution in [3.8, 4) is 10.7 Å². The van der Waals surface area contributed by atoms with Crippen LogP contribution in [0.3, 0.4) is 0 Å². The minimum absolute atomic E-state index is 0.501. The second-order valence-electron chi connectivity index (χ2n) is 4.18. The molecule has 5 heteroatoms. The van der Waals surface area contributed by atoms with Crippen molar-refractivity contribution in [3.05, 3.63) is 40.1 Å². The number of fused-ring (bicyclic) bond motifs is 1. The number of thiazole rings is 1. The fraction of sp³-hybridized carbons (Fsp3) is 0.154. The fourth-order valence-corrected chi connectivity index (χ4v) is 2.91. The monoisotopic (exact) mass is 275 g/mol. The highest BCUT2D eigenvalue weighted by molar-refractivity contribution is 7.13. The topological polar surface area (TPSA) is 38.7 Å². The van der Waals surface area contributed by atoms with Gasteiger partial charge in [0.15, 0.2) is 5.82 Å². The molecule has 0 fully saturated rings. The number of halogens is 1. The molecule has 0 aliphatic rings. The van der Waals surface area contributed by atoms with Gasteiger partial charge < -0.3 is 0 Å². The van der Waals surface area contributed by atoms with Crippen molar-refractivity contribution in [1.82, 2.24) is 15.0 Å². The van der Waals surface area contributed by atoms with Crippen molar-refractivity contribution < 1.29 is 0 Å². The summed E-state index contributed by atoms with van der Waals surface area (Å²) in [6, 6.07) is 4.12. The molecule has 0 aliphatic carbocycles. The maximum atomic E-state index is 6.27. The first kappa shape index (κ1) is 11.6. The minimum Gasteiger partial charge on any atom is -0.252 e.